The molecule has 1 saturated heterocycles. The molecule has 1 amide bonds. The number of alkyl halides is 3. The van der Waals surface area contributed by atoms with Crippen LogP contribution in [0.5, 0.6) is 5.75 Å². The number of fused-ring (bicyclic) bond motifs is 1. The largest absolute Gasteiger partial charge is 0.492 e. The zero-order valence-electron chi connectivity index (χ0n) is 22.0. The summed E-state index contributed by atoms with van der Waals surface area (Å²) in [5.41, 5.74) is 3.05. The number of imidazole rings is 1. The number of pyridine rings is 1. The molecular weight excluding hydrogens is 505 g/mol. The molecule has 1 atom stereocenters. The molecule has 0 radical (unpaired) electrons. The molecule has 1 aliphatic heterocycles. The first-order chi connectivity index (χ1) is 18.8. The molecule has 204 valence electrons. The van der Waals surface area contributed by atoms with Crippen LogP contribution in [0.25, 0.3) is 5.65 Å². The minimum atomic E-state index is -4.48. The van der Waals surface area contributed by atoms with Crippen molar-refractivity contribution in [2.24, 2.45) is 0 Å². The van der Waals surface area contributed by atoms with Gasteiger partial charge in [-0.15, -0.1) is 0 Å². The molecule has 3 heterocycles. The fourth-order valence-corrected chi connectivity index (χ4v) is 5.25. The molecular formula is C30H31F3N4O2. The highest BCUT2D eigenvalue weighted by atomic mass is 19.4. The lowest BCUT2D eigenvalue weighted by Crippen LogP contribution is -2.49. The number of rotatable bonds is 7. The van der Waals surface area contributed by atoms with Gasteiger partial charge in [-0.3, -0.25) is 4.79 Å². The second kappa shape index (κ2) is 11.0. The number of halogens is 3. The van der Waals surface area contributed by atoms with Crippen molar-refractivity contribution < 1.29 is 22.7 Å². The van der Waals surface area contributed by atoms with E-state index in [9.17, 15) is 18.0 Å². The van der Waals surface area contributed by atoms with Crippen molar-refractivity contribution >= 4 is 17.2 Å². The quantitative estimate of drug-likeness (QED) is 0.294. The van der Waals surface area contributed by atoms with Crippen LogP contribution in [0.1, 0.15) is 41.6 Å². The van der Waals surface area contributed by atoms with Gasteiger partial charge in [0.1, 0.15) is 11.4 Å². The average Bonchev–Trinajstić information content (AvgIpc) is 3.37. The maximum Gasteiger partial charge on any atom is 0.416 e. The minimum absolute atomic E-state index is 0.0403. The Morgan fingerprint density at radius 1 is 1.03 bits per heavy atom. The first-order valence-electron chi connectivity index (χ1n) is 13.1. The molecule has 6 nitrogen and oxygen atoms in total. The highest BCUT2D eigenvalue weighted by Crippen LogP contribution is 2.35. The fraction of sp³-hybridized carbons (Fsp3) is 0.333. The monoisotopic (exact) mass is 536 g/mol. The van der Waals surface area contributed by atoms with Crippen LogP contribution in [0.4, 0.5) is 18.9 Å². The summed E-state index contributed by atoms with van der Waals surface area (Å²) in [5.74, 6) is 0.123. The minimum Gasteiger partial charge on any atom is -0.492 e. The van der Waals surface area contributed by atoms with Gasteiger partial charge in [0.05, 0.1) is 23.6 Å². The van der Waals surface area contributed by atoms with Crippen molar-refractivity contribution in [3.8, 4) is 5.75 Å². The van der Waals surface area contributed by atoms with Crippen molar-refractivity contribution in [1.29, 1.82) is 0 Å². The Morgan fingerprint density at radius 2 is 1.79 bits per heavy atom. The molecule has 2 aromatic carbocycles. The predicted molar refractivity (Wildman–Crippen MR) is 144 cm³/mol. The number of ether oxygens (including phenoxy) is 1. The Bertz CT molecular complexity index is 1460. The number of benzene rings is 2. The molecule has 1 aliphatic rings. The number of piperazine rings is 1. The zero-order valence-corrected chi connectivity index (χ0v) is 22.0. The lowest BCUT2D eigenvalue weighted by atomic mass is 9.90. The van der Waals surface area contributed by atoms with Gasteiger partial charge in [0.15, 0.2) is 0 Å². The smallest absolute Gasteiger partial charge is 0.416 e. The van der Waals surface area contributed by atoms with Crippen LogP contribution in [0, 0.1) is 6.92 Å². The van der Waals surface area contributed by atoms with Crippen LogP contribution in [0.15, 0.2) is 73.1 Å². The van der Waals surface area contributed by atoms with Gasteiger partial charge in [0.2, 0.25) is 5.91 Å². The number of aryl methyl sites for hydroxylation is 1. The Labute approximate surface area is 225 Å². The van der Waals surface area contributed by atoms with E-state index in [1.165, 1.54) is 6.07 Å². The van der Waals surface area contributed by atoms with Crippen LogP contribution in [0.2, 0.25) is 0 Å². The number of aromatic nitrogens is 2. The maximum atomic E-state index is 13.6. The number of carbonyl (C=O) groups is 1. The number of hydrogen-bond donors (Lipinski definition) is 0. The topological polar surface area (TPSA) is 50.1 Å². The van der Waals surface area contributed by atoms with Gasteiger partial charge >= 0.3 is 6.18 Å². The predicted octanol–water partition coefficient (Wildman–Crippen LogP) is 5.93. The van der Waals surface area contributed by atoms with E-state index in [0.717, 1.165) is 34.8 Å². The molecule has 0 aliphatic carbocycles. The van der Waals surface area contributed by atoms with Gasteiger partial charge in [-0.05, 0) is 49.2 Å². The van der Waals surface area contributed by atoms with Crippen LogP contribution in [-0.2, 0) is 11.0 Å². The summed E-state index contributed by atoms with van der Waals surface area (Å²) < 4.78 is 48.4. The molecule has 39 heavy (non-hydrogen) atoms. The Kier molecular flexibility index (Phi) is 7.50. The summed E-state index contributed by atoms with van der Waals surface area (Å²) in [5, 5.41) is 0. The summed E-state index contributed by atoms with van der Waals surface area (Å²) in [6.07, 6.45) is -0.930. The normalized spacial score (nSPS) is 15.0. The first kappa shape index (κ1) is 26.6. The summed E-state index contributed by atoms with van der Waals surface area (Å²) in [4.78, 5) is 22.1. The van der Waals surface area contributed by atoms with Gasteiger partial charge < -0.3 is 18.9 Å². The van der Waals surface area contributed by atoms with Crippen molar-refractivity contribution in [3.05, 3.63) is 95.4 Å². The molecule has 0 saturated carbocycles. The van der Waals surface area contributed by atoms with Gasteiger partial charge in [-0.2, -0.15) is 13.2 Å². The highest BCUT2D eigenvalue weighted by Gasteiger charge is 2.33. The SMILES string of the molecule is CCOc1ccccc1N1CCN(C(=O)CC(c2cccc(C(F)(F)F)c2)c2cnc3c(C)cccn23)CC1. The zero-order chi connectivity index (χ0) is 27.6. The van der Waals surface area contributed by atoms with Crippen molar-refractivity contribution in [2.45, 2.75) is 32.4 Å². The Balaban J connectivity index is 1.40. The lowest BCUT2D eigenvalue weighted by molar-refractivity contribution is -0.137. The van der Waals surface area contributed by atoms with Gasteiger partial charge in [-0.25, -0.2) is 4.98 Å². The lowest BCUT2D eigenvalue weighted by Gasteiger charge is -2.37. The van der Waals surface area contributed by atoms with Crippen molar-refractivity contribution in [2.75, 3.05) is 37.7 Å². The number of carbonyl (C=O) groups excluding carboxylic acids is 1. The molecule has 1 unspecified atom stereocenters. The van der Waals surface area contributed by atoms with Crippen LogP contribution >= 0.6 is 0 Å². The van der Waals surface area contributed by atoms with E-state index in [4.69, 9.17) is 4.74 Å². The Morgan fingerprint density at radius 3 is 2.54 bits per heavy atom. The van der Waals surface area contributed by atoms with Crippen molar-refractivity contribution in [1.82, 2.24) is 14.3 Å². The number of hydrogen-bond acceptors (Lipinski definition) is 4. The standard InChI is InChI=1S/C30H31F3N4O2/c1-3-39-27-12-5-4-11-25(27)35-14-16-36(17-15-35)28(38)19-24(22-9-6-10-23(18-22)30(31,32)33)26-20-34-29-21(2)8-7-13-37(26)29/h4-13,18,20,24H,3,14-17,19H2,1-2H3. The Hall–Kier alpha value is -4.01. The molecule has 1 fully saturated rings. The third kappa shape index (κ3) is 5.57. The molecule has 9 heteroatoms. The first-order valence-corrected chi connectivity index (χ1v) is 13.1. The summed E-state index contributed by atoms with van der Waals surface area (Å²) in [7, 11) is 0. The van der Waals surface area contributed by atoms with Crippen molar-refractivity contribution in [3.63, 3.8) is 0 Å². The molecule has 0 N–H and O–H groups in total. The number of anilines is 1. The summed E-state index contributed by atoms with van der Waals surface area (Å²) in [6.45, 7) is 6.74. The molecule has 0 spiro atoms. The highest BCUT2D eigenvalue weighted by molar-refractivity contribution is 5.78. The number of amides is 1. The van der Waals surface area contributed by atoms with Crippen LogP contribution in [-0.4, -0.2) is 53.0 Å². The van der Waals surface area contributed by atoms with E-state index in [2.05, 4.69) is 9.88 Å². The van der Waals surface area contributed by atoms with E-state index in [1.807, 2.05) is 60.8 Å². The third-order valence-electron chi connectivity index (χ3n) is 7.25. The second-order valence-electron chi connectivity index (χ2n) is 9.72. The van der Waals surface area contributed by atoms with Gasteiger partial charge in [-0.1, -0.05) is 36.4 Å². The summed E-state index contributed by atoms with van der Waals surface area (Å²) >= 11 is 0. The third-order valence-corrected chi connectivity index (χ3v) is 7.25. The molecule has 2 aromatic heterocycles. The van der Waals surface area contributed by atoms with Crippen LogP contribution < -0.4 is 9.64 Å². The van der Waals surface area contributed by atoms with Gasteiger partial charge in [0.25, 0.3) is 0 Å². The van der Waals surface area contributed by atoms with E-state index in [0.29, 0.717) is 44.0 Å². The maximum absolute atomic E-state index is 13.6. The summed E-state index contributed by atoms with van der Waals surface area (Å²) in [6, 6.07) is 16.9. The van der Waals surface area contributed by atoms with Gasteiger partial charge in [0, 0.05) is 50.9 Å². The molecule has 5 rings (SSSR count). The second-order valence-corrected chi connectivity index (χ2v) is 9.72. The number of nitrogens with zero attached hydrogens (tertiary/aromatic N) is 4. The van der Waals surface area contributed by atoms with E-state index in [1.54, 1.807) is 17.2 Å². The molecule has 0 bridgehead atoms. The van der Waals surface area contributed by atoms with E-state index >= 15 is 0 Å². The average molecular weight is 537 g/mol. The van der Waals surface area contributed by atoms with E-state index in [-0.39, 0.29) is 12.3 Å². The van der Waals surface area contributed by atoms with Crippen LogP contribution in [0.3, 0.4) is 0 Å². The molecule has 4 aromatic rings. The number of para-hydroxylation sites is 2. The van der Waals surface area contributed by atoms with E-state index < -0.39 is 17.7 Å². The fourth-order valence-electron chi connectivity index (χ4n) is 5.25.